The molecule has 0 aromatic carbocycles. The third-order valence-electron chi connectivity index (χ3n) is 3.00. The van der Waals surface area contributed by atoms with E-state index in [2.05, 4.69) is 31.1 Å². The molecule has 0 atom stereocenters. The number of carbonyl (C=O) groups is 1. The Morgan fingerprint density at radius 2 is 2.05 bits per heavy atom. The molecule has 0 saturated carbocycles. The molecule has 0 radical (unpaired) electrons. The van der Waals surface area contributed by atoms with Crippen molar-refractivity contribution < 1.29 is 9.90 Å². The number of nitrogens with one attached hydrogen (secondary N) is 1. The van der Waals surface area contributed by atoms with Crippen LogP contribution in [-0.4, -0.2) is 40.7 Å². The number of thiazole rings is 1. The van der Waals surface area contributed by atoms with E-state index in [0.717, 1.165) is 10.7 Å². The molecule has 2 amide bonds. The number of aliphatic hydroxyl groups excluding tert-OH is 1. The first-order chi connectivity index (χ1) is 9.73. The van der Waals surface area contributed by atoms with Gasteiger partial charge in [0.25, 0.3) is 0 Å². The van der Waals surface area contributed by atoms with Gasteiger partial charge in [-0.25, -0.2) is 9.78 Å². The lowest BCUT2D eigenvalue weighted by atomic mass is 9.96. The number of urea groups is 1. The van der Waals surface area contributed by atoms with Gasteiger partial charge in [0, 0.05) is 24.6 Å². The molecule has 2 N–H and O–H groups in total. The van der Waals surface area contributed by atoms with Crippen molar-refractivity contribution in [2.45, 2.75) is 47.6 Å². The molecule has 0 aliphatic heterocycles. The summed E-state index contributed by atoms with van der Waals surface area (Å²) in [7, 11) is 0. The van der Waals surface area contributed by atoms with Gasteiger partial charge in [0.2, 0.25) is 0 Å². The summed E-state index contributed by atoms with van der Waals surface area (Å²) in [5.41, 5.74) is 1.05. The number of carbonyl (C=O) groups excluding carboxylic acids is 1. The third-order valence-corrected chi connectivity index (χ3v) is 4.08. The normalized spacial score (nSPS) is 11.5. The highest BCUT2D eigenvalue weighted by atomic mass is 32.1. The van der Waals surface area contributed by atoms with Gasteiger partial charge in [0.1, 0.15) is 5.01 Å². The molecule has 0 aliphatic rings. The average Bonchev–Trinajstić information content (AvgIpc) is 2.69. The van der Waals surface area contributed by atoms with Gasteiger partial charge in [0.05, 0.1) is 12.2 Å². The van der Waals surface area contributed by atoms with E-state index in [0.29, 0.717) is 26.1 Å². The molecule has 0 spiro atoms. The molecule has 1 rings (SSSR count). The van der Waals surface area contributed by atoms with Crippen LogP contribution >= 0.6 is 11.3 Å². The van der Waals surface area contributed by atoms with E-state index < -0.39 is 0 Å². The summed E-state index contributed by atoms with van der Waals surface area (Å²) in [4.78, 5) is 19.7. The van der Waals surface area contributed by atoms with Crippen LogP contribution < -0.4 is 5.32 Å². The van der Waals surface area contributed by atoms with E-state index in [-0.39, 0.29) is 18.1 Å². The molecule has 1 aromatic heterocycles. The molecule has 0 fully saturated rings. The van der Waals surface area contributed by atoms with Crippen LogP contribution in [0.3, 0.4) is 0 Å². The van der Waals surface area contributed by atoms with E-state index in [1.165, 1.54) is 4.88 Å². The molecule has 0 unspecified atom stereocenters. The second-order valence-electron chi connectivity index (χ2n) is 6.47. The van der Waals surface area contributed by atoms with Crippen LogP contribution in [0.4, 0.5) is 4.79 Å². The largest absolute Gasteiger partial charge is 0.396 e. The smallest absolute Gasteiger partial charge is 0.317 e. The summed E-state index contributed by atoms with van der Waals surface area (Å²) in [5, 5.41) is 12.8. The van der Waals surface area contributed by atoms with Gasteiger partial charge in [-0.2, -0.15) is 0 Å². The monoisotopic (exact) mass is 313 g/mol. The first-order valence-corrected chi connectivity index (χ1v) is 8.11. The SMILES string of the molecule is Cc1nc(CNC(=O)N(CCCO)CC(C)(C)C)sc1C. The maximum Gasteiger partial charge on any atom is 0.317 e. The van der Waals surface area contributed by atoms with Crippen molar-refractivity contribution in [2.75, 3.05) is 19.7 Å². The Labute approximate surface area is 131 Å². The molecule has 120 valence electrons. The molecule has 1 heterocycles. The predicted molar refractivity (Wildman–Crippen MR) is 86.6 cm³/mol. The highest BCUT2D eigenvalue weighted by molar-refractivity contribution is 7.11. The van der Waals surface area contributed by atoms with Crippen LogP contribution in [0.25, 0.3) is 0 Å². The lowest BCUT2D eigenvalue weighted by molar-refractivity contribution is 0.164. The second-order valence-corrected chi connectivity index (χ2v) is 7.76. The quantitative estimate of drug-likeness (QED) is 0.848. The summed E-state index contributed by atoms with van der Waals surface area (Å²) >= 11 is 1.61. The summed E-state index contributed by atoms with van der Waals surface area (Å²) in [6, 6.07) is -0.0936. The Hall–Kier alpha value is -1.14. The number of amides is 2. The Kier molecular flexibility index (Phi) is 6.61. The summed E-state index contributed by atoms with van der Waals surface area (Å²) in [5.74, 6) is 0. The first kappa shape index (κ1) is 17.9. The zero-order valence-electron chi connectivity index (χ0n) is 13.7. The Balaban J connectivity index is 2.58. The highest BCUT2D eigenvalue weighted by Gasteiger charge is 2.20. The molecule has 5 nitrogen and oxygen atoms in total. The Morgan fingerprint density at radius 1 is 1.38 bits per heavy atom. The minimum absolute atomic E-state index is 0.0289. The number of hydrogen-bond acceptors (Lipinski definition) is 4. The number of rotatable bonds is 6. The van der Waals surface area contributed by atoms with Crippen LogP contribution in [0.2, 0.25) is 0 Å². The van der Waals surface area contributed by atoms with Gasteiger partial charge >= 0.3 is 6.03 Å². The van der Waals surface area contributed by atoms with Crippen molar-refractivity contribution in [3.8, 4) is 0 Å². The van der Waals surface area contributed by atoms with Crippen molar-refractivity contribution in [2.24, 2.45) is 5.41 Å². The van der Waals surface area contributed by atoms with Gasteiger partial charge in [-0.3, -0.25) is 0 Å². The van der Waals surface area contributed by atoms with E-state index in [1.807, 2.05) is 13.8 Å². The maximum atomic E-state index is 12.3. The molecule has 21 heavy (non-hydrogen) atoms. The third kappa shape index (κ3) is 6.44. The van der Waals surface area contributed by atoms with E-state index in [9.17, 15) is 4.79 Å². The fraction of sp³-hybridized carbons (Fsp3) is 0.733. The number of aromatic nitrogens is 1. The van der Waals surface area contributed by atoms with Crippen molar-refractivity contribution in [1.82, 2.24) is 15.2 Å². The molecule has 0 bridgehead atoms. The van der Waals surface area contributed by atoms with Crippen LogP contribution in [0.5, 0.6) is 0 Å². The fourth-order valence-corrected chi connectivity index (χ4v) is 2.84. The zero-order valence-corrected chi connectivity index (χ0v) is 14.5. The number of hydrogen-bond donors (Lipinski definition) is 2. The zero-order chi connectivity index (χ0) is 16.0. The Morgan fingerprint density at radius 3 is 2.52 bits per heavy atom. The first-order valence-electron chi connectivity index (χ1n) is 7.29. The second kappa shape index (κ2) is 7.75. The molecule has 0 aliphatic carbocycles. The minimum Gasteiger partial charge on any atom is -0.396 e. The summed E-state index contributed by atoms with van der Waals surface area (Å²) < 4.78 is 0. The number of nitrogens with zero attached hydrogens (tertiary/aromatic N) is 2. The van der Waals surface area contributed by atoms with Crippen LogP contribution in [-0.2, 0) is 6.54 Å². The number of aryl methyl sites for hydroxylation is 2. The fourth-order valence-electron chi connectivity index (χ4n) is 1.96. The van der Waals surface area contributed by atoms with Crippen molar-refractivity contribution in [1.29, 1.82) is 0 Å². The molecular weight excluding hydrogens is 286 g/mol. The topological polar surface area (TPSA) is 65.5 Å². The molecule has 0 saturated heterocycles. The highest BCUT2D eigenvalue weighted by Crippen LogP contribution is 2.17. The standard InChI is InChI=1S/C15H27N3O2S/c1-11-12(2)21-13(17-11)9-16-14(20)18(7-6-8-19)10-15(3,4)5/h19H,6-10H2,1-5H3,(H,16,20). The van der Waals surface area contributed by atoms with E-state index in [4.69, 9.17) is 5.11 Å². The predicted octanol–water partition coefficient (Wildman–Crippen LogP) is 2.70. The summed E-state index contributed by atoms with van der Waals surface area (Å²) in [6.45, 7) is 12.1. The van der Waals surface area contributed by atoms with Gasteiger partial charge in [-0.1, -0.05) is 20.8 Å². The molecular formula is C15H27N3O2S. The number of aliphatic hydroxyl groups is 1. The van der Waals surface area contributed by atoms with Gasteiger partial charge < -0.3 is 15.3 Å². The Bertz CT molecular complexity index is 446. The van der Waals surface area contributed by atoms with E-state index >= 15 is 0 Å². The lowest BCUT2D eigenvalue weighted by Crippen LogP contribution is -2.44. The van der Waals surface area contributed by atoms with Crippen molar-refractivity contribution in [3.63, 3.8) is 0 Å². The maximum absolute atomic E-state index is 12.3. The van der Waals surface area contributed by atoms with Gasteiger partial charge in [-0.15, -0.1) is 11.3 Å². The van der Waals surface area contributed by atoms with Gasteiger partial charge in [-0.05, 0) is 25.7 Å². The summed E-state index contributed by atoms with van der Waals surface area (Å²) in [6.07, 6.45) is 0.596. The van der Waals surface area contributed by atoms with Crippen LogP contribution in [0, 0.1) is 19.3 Å². The van der Waals surface area contributed by atoms with Crippen LogP contribution in [0.1, 0.15) is 42.8 Å². The van der Waals surface area contributed by atoms with Gasteiger partial charge in [0.15, 0.2) is 0 Å². The molecule has 1 aromatic rings. The van der Waals surface area contributed by atoms with E-state index in [1.54, 1.807) is 16.2 Å². The van der Waals surface area contributed by atoms with Crippen LogP contribution in [0.15, 0.2) is 0 Å². The van der Waals surface area contributed by atoms with Crippen molar-refractivity contribution >= 4 is 17.4 Å². The minimum atomic E-state index is -0.0936. The van der Waals surface area contributed by atoms with Crippen molar-refractivity contribution in [3.05, 3.63) is 15.6 Å². The molecule has 6 heteroatoms. The lowest BCUT2D eigenvalue weighted by Gasteiger charge is -2.30. The average molecular weight is 313 g/mol.